The lowest BCUT2D eigenvalue weighted by Crippen LogP contribution is -2.42. The minimum atomic E-state index is 0.0564. The summed E-state index contributed by atoms with van der Waals surface area (Å²) in [6, 6.07) is 0.314. The minimum Gasteiger partial charge on any atom is -0.328 e. The first-order valence-corrected chi connectivity index (χ1v) is 8.17. The van der Waals surface area contributed by atoms with Crippen LogP contribution in [0.4, 0.5) is 0 Å². The first-order chi connectivity index (χ1) is 9.34. The normalized spacial score (nSPS) is 18.4. The molecule has 1 aliphatic heterocycles. The Balaban J connectivity index is 1.84. The Kier molecular flexibility index (Phi) is 4.94. The number of likely N-dealkylation sites (tertiary alicyclic amines) is 1. The molecule has 1 aromatic rings. The Hall–Kier alpha value is -0.780. The SMILES string of the molecule is CC(C)(C)c1csc(CC(=O)CN2CCC(N)CC2)n1. The first kappa shape index (κ1) is 15.6. The van der Waals surface area contributed by atoms with Crippen LogP contribution >= 0.6 is 11.3 Å². The summed E-state index contributed by atoms with van der Waals surface area (Å²) in [4.78, 5) is 18.9. The molecule has 0 spiro atoms. The molecule has 0 radical (unpaired) electrons. The van der Waals surface area contributed by atoms with E-state index >= 15 is 0 Å². The van der Waals surface area contributed by atoms with Crippen molar-refractivity contribution in [2.45, 2.75) is 51.5 Å². The fourth-order valence-electron chi connectivity index (χ4n) is 2.32. The van der Waals surface area contributed by atoms with E-state index in [0.717, 1.165) is 36.6 Å². The van der Waals surface area contributed by atoms with Gasteiger partial charge in [0.25, 0.3) is 0 Å². The number of aromatic nitrogens is 1. The number of carbonyl (C=O) groups is 1. The summed E-state index contributed by atoms with van der Waals surface area (Å²) in [5.41, 5.74) is 7.01. The molecule has 0 atom stereocenters. The number of nitrogens with zero attached hydrogens (tertiary/aromatic N) is 2. The molecule has 2 heterocycles. The van der Waals surface area contributed by atoms with Crippen LogP contribution in [0.15, 0.2) is 5.38 Å². The molecule has 0 bridgehead atoms. The quantitative estimate of drug-likeness (QED) is 0.922. The second-order valence-electron chi connectivity index (χ2n) is 6.71. The molecule has 112 valence electrons. The number of hydrogen-bond donors (Lipinski definition) is 1. The van der Waals surface area contributed by atoms with Crippen LogP contribution in [0.25, 0.3) is 0 Å². The first-order valence-electron chi connectivity index (χ1n) is 7.29. The summed E-state index contributed by atoms with van der Waals surface area (Å²) in [7, 11) is 0. The highest BCUT2D eigenvalue weighted by molar-refractivity contribution is 7.09. The monoisotopic (exact) mass is 295 g/mol. The molecule has 1 aromatic heterocycles. The summed E-state index contributed by atoms with van der Waals surface area (Å²) < 4.78 is 0. The van der Waals surface area contributed by atoms with Gasteiger partial charge in [-0.05, 0) is 12.8 Å². The highest BCUT2D eigenvalue weighted by Crippen LogP contribution is 2.24. The maximum absolute atomic E-state index is 12.1. The second kappa shape index (κ2) is 6.33. The summed E-state index contributed by atoms with van der Waals surface area (Å²) in [6.45, 7) is 8.85. The van der Waals surface area contributed by atoms with Gasteiger partial charge in [-0.25, -0.2) is 4.98 Å². The standard InChI is InChI=1S/C15H25N3OS/c1-15(2,3)13-10-20-14(17-13)8-12(19)9-18-6-4-11(16)5-7-18/h10-11H,4-9,16H2,1-3H3. The predicted octanol–water partition coefficient (Wildman–Crippen LogP) is 1.98. The average Bonchev–Trinajstić information content (AvgIpc) is 2.80. The second-order valence-corrected chi connectivity index (χ2v) is 7.65. The van der Waals surface area contributed by atoms with Crippen LogP contribution in [0, 0.1) is 0 Å². The Morgan fingerprint density at radius 1 is 1.45 bits per heavy atom. The van der Waals surface area contributed by atoms with Crippen LogP contribution in [0.3, 0.4) is 0 Å². The number of hydrogen-bond acceptors (Lipinski definition) is 5. The smallest absolute Gasteiger partial charge is 0.153 e. The Bertz CT molecular complexity index is 456. The van der Waals surface area contributed by atoms with Gasteiger partial charge in [-0.1, -0.05) is 20.8 Å². The summed E-state index contributed by atoms with van der Waals surface area (Å²) in [6.07, 6.45) is 2.46. The third kappa shape index (κ3) is 4.36. The Morgan fingerprint density at radius 3 is 2.65 bits per heavy atom. The molecule has 0 amide bonds. The van der Waals surface area contributed by atoms with Crippen molar-refractivity contribution in [1.82, 2.24) is 9.88 Å². The molecular weight excluding hydrogens is 270 g/mol. The predicted molar refractivity (Wildman–Crippen MR) is 83.2 cm³/mol. The summed E-state index contributed by atoms with van der Waals surface area (Å²) in [5.74, 6) is 0.260. The van der Waals surface area contributed by atoms with E-state index in [9.17, 15) is 4.79 Å². The van der Waals surface area contributed by atoms with Crippen molar-refractivity contribution >= 4 is 17.1 Å². The number of Topliss-reactive ketones (excluding diaryl/α,β-unsaturated/α-hetero) is 1. The van der Waals surface area contributed by atoms with Crippen LogP contribution in [0.2, 0.25) is 0 Å². The van der Waals surface area contributed by atoms with Crippen LogP contribution < -0.4 is 5.73 Å². The van der Waals surface area contributed by atoms with Crippen LogP contribution in [-0.2, 0) is 16.6 Å². The molecule has 0 saturated carbocycles. The third-order valence-corrected chi connectivity index (χ3v) is 4.55. The van der Waals surface area contributed by atoms with Crippen LogP contribution in [0.5, 0.6) is 0 Å². The van der Waals surface area contributed by atoms with E-state index in [2.05, 4.69) is 36.0 Å². The number of nitrogens with two attached hydrogens (primary N) is 1. The van der Waals surface area contributed by atoms with Gasteiger partial charge in [0.1, 0.15) is 5.01 Å². The molecule has 2 rings (SSSR count). The van der Waals surface area contributed by atoms with E-state index in [4.69, 9.17) is 5.73 Å². The number of rotatable bonds is 4. The molecule has 4 nitrogen and oxygen atoms in total. The topological polar surface area (TPSA) is 59.2 Å². The van der Waals surface area contributed by atoms with E-state index < -0.39 is 0 Å². The maximum atomic E-state index is 12.1. The van der Waals surface area contributed by atoms with Crippen molar-refractivity contribution in [3.8, 4) is 0 Å². The zero-order valence-electron chi connectivity index (χ0n) is 12.7. The van der Waals surface area contributed by atoms with E-state index in [0.29, 0.717) is 19.0 Å². The van der Waals surface area contributed by atoms with Gasteiger partial charge in [-0.2, -0.15) is 0 Å². The molecule has 0 aromatic carbocycles. The van der Waals surface area contributed by atoms with Gasteiger partial charge in [-0.15, -0.1) is 11.3 Å². The molecule has 5 heteroatoms. The van der Waals surface area contributed by atoms with Crippen LogP contribution in [-0.4, -0.2) is 41.3 Å². The molecule has 1 saturated heterocycles. The fraction of sp³-hybridized carbons (Fsp3) is 0.733. The van der Waals surface area contributed by atoms with Gasteiger partial charge in [0.05, 0.1) is 18.7 Å². The Morgan fingerprint density at radius 2 is 2.10 bits per heavy atom. The van der Waals surface area contributed by atoms with Gasteiger partial charge >= 0.3 is 0 Å². The van der Waals surface area contributed by atoms with Gasteiger partial charge in [0, 0.05) is 29.9 Å². The number of thiazole rings is 1. The summed E-state index contributed by atoms with van der Waals surface area (Å²) >= 11 is 1.60. The molecule has 1 aliphatic rings. The fourth-order valence-corrected chi connectivity index (χ4v) is 3.37. The maximum Gasteiger partial charge on any atom is 0.153 e. The molecule has 2 N–H and O–H groups in total. The van der Waals surface area contributed by atoms with E-state index in [1.165, 1.54) is 0 Å². The average molecular weight is 295 g/mol. The lowest BCUT2D eigenvalue weighted by Gasteiger charge is -2.29. The lowest BCUT2D eigenvalue weighted by atomic mass is 9.93. The van der Waals surface area contributed by atoms with E-state index in [1.807, 2.05) is 0 Å². The van der Waals surface area contributed by atoms with Gasteiger partial charge in [-0.3, -0.25) is 9.69 Å². The minimum absolute atomic E-state index is 0.0564. The van der Waals surface area contributed by atoms with Gasteiger partial charge in [0.2, 0.25) is 0 Å². The number of ketones is 1. The molecular formula is C15H25N3OS. The van der Waals surface area contributed by atoms with Gasteiger partial charge in [0.15, 0.2) is 5.78 Å². The van der Waals surface area contributed by atoms with E-state index in [1.54, 1.807) is 11.3 Å². The molecule has 0 aliphatic carbocycles. The molecule has 1 fully saturated rings. The van der Waals surface area contributed by atoms with E-state index in [-0.39, 0.29) is 11.2 Å². The van der Waals surface area contributed by atoms with Crippen molar-refractivity contribution in [3.63, 3.8) is 0 Å². The largest absolute Gasteiger partial charge is 0.328 e. The zero-order chi connectivity index (χ0) is 14.8. The van der Waals surface area contributed by atoms with Crippen molar-refractivity contribution in [2.24, 2.45) is 5.73 Å². The zero-order valence-corrected chi connectivity index (χ0v) is 13.5. The van der Waals surface area contributed by atoms with Crippen molar-refractivity contribution in [1.29, 1.82) is 0 Å². The summed E-state index contributed by atoms with van der Waals surface area (Å²) in [5, 5.41) is 3.01. The third-order valence-electron chi connectivity index (χ3n) is 3.70. The highest BCUT2D eigenvalue weighted by atomic mass is 32.1. The highest BCUT2D eigenvalue weighted by Gasteiger charge is 2.21. The van der Waals surface area contributed by atoms with Crippen LogP contribution in [0.1, 0.15) is 44.3 Å². The van der Waals surface area contributed by atoms with Crippen molar-refractivity contribution < 1.29 is 4.79 Å². The Labute approximate surface area is 125 Å². The van der Waals surface area contributed by atoms with Gasteiger partial charge < -0.3 is 5.73 Å². The number of piperidine rings is 1. The van der Waals surface area contributed by atoms with Crippen molar-refractivity contribution in [3.05, 3.63) is 16.1 Å². The molecule has 0 unspecified atom stereocenters. The lowest BCUT2D eigenvalue weighted by molar-refractivity contribution is -0.119. The molecule has 20 heavy (non-hydrogen) atoms. The number of carbonyl (C=O) groups excluding carboxylic acids is 1. The van der Waals surface area contributed by atoms with Crippen molar-refractivity contribution in [2.75, 3.05) is 19.6 Å².